The number of nitrogens with one attached hydrogen (secondary N) is 1. The van der Waals surface area contributed by atoms with Crippen molar-refractivity contribution in [3.63, 3.8) is 0 Å². The molecule has 2 aromatic rings. The second kappa shape index (κ2) is 6.48. The Hall–Kier alpha value is -0.890. The first-order valence-electron chi connectivity index (χ1n) is 5.49. The van der Waals surface area contributed by atoms with Crippen LogP contribution in [0.15, 0.2) is 17.1 Å². The maximum Gasteiger partial charge on any atom is 0.256 e. The first-order chi connectivity index (χ1) is 9.90. The molecule has 1 heterocycles. The molecule has 0 amide bonds. The van der Waals surface area contributed by atoms with E-state index >= 15 is 0 Å². The third-order valence-corrected chi connectivity index (χ3v) is 5.05. The smallest absolute Gasteiger partial charge is 0.256 e. The van der Waals surface area contributed by atoms with Gasteiger partial charge in [0.1, 0.15) is 0 Å². The minimum atomic E-state index is -0.457. The van der Waals surface area contributed by atoms with Gasteiger partial charge in [-0.05, 0) is 11.6 Å². The summed E-state index contributed by atoms with van der Waals surface area (Å²) in [4.78, 5) is 14.6. The lowest BCUT2D eigenvalue weighted by molar-refractivity contribution is 1.17. The summed E-state index contributed by atoms with van der Waals surface area (Å²) >= 11 is 30.3. The molecule has 0 unspecified atom stereocenters. The summed E-state index contributed by atoms with van der Waals surface area (Å²) in [5, 5.41) is 8.88. The summed E-state index contributed by atoms with van der Waals surface area (Å²) in [5.74, 6) is 0. The molecular weight excluding hydrogens is 377 g/mol. The van der Waals surface area contributed by atoms with Gasteiger partial charge in [-0.1, -0.05) is 58.0 Å². The SMILES string of the molecule is N#CCc1cc[nH]c(=O)c1-c1c(Cl)c(Cl)c(Cl)c(Cl)c1Cl. The van der Waals surface area contributed by atoms with E-state index < -0.39 is 5.56 Å². The van der Waals surface area contributed by atoms with Crippen molar-refractivity contribution >= 4 is 58.0 Å². The first kappa shape index (κ1) is 16.5. The van der Waals surface area contributed by atoms with Gasteiger partial charge in [0.2, 0.25) is 0 Å². The van der Waals surface area contributed by atoms with Crippen molar-refractivity contribution in [2.45, 2.75) is 6.42 Å². The van der Waals surface area contributed by atoms with Crippen molar-refractivity contribution in [3.05, 3.63) is 53.3 Å². The Kier molecular flexibility index (Phi) is 5.08. The lowest BCUT2D eigenvalue weighted by Gasteiger charge is -2.14. The van der Waals surface area contributed by atoms with Crippen LogP contribution < -0.4 is 5.56 Å². The molecule has 0 saturated heterocycles. The topological polar surface area (TPSA) is 56.6 Å². The molecule has 0 spiro atoms. The van der Waals surface area contributed by atoms with Gasteiger partial charge in [-0.15, -0.1) is 0 Å². The number of hydrogen-bond donors (Lipinski definition) is 1. The van der Waals surface area contributed by atoms with Crippen molar-refractivity contribution in [2.24, 2.45) is 0 Å². The molecule has 1 aromatic carbocycles. The van der Waals surface area contributed by atoms with E-state index in [1.807, 2.05) is 6.07 Å². The molecule has 3 nitrogen and oxygen atoms in total. The maximum absolute atomic E-state index is 12.1. The normalized spacial score (nSPS) is 10.5. The number of benzene rings is 1. The number of rotatable bonds is 2. The molecule has 1 aromatic heterocycles. The molecule has 21 heavy (non-hydrogen) atoms. The van der Waals surface area contributed by atoms with E-state index in [0.717, 1.165) is 0 Å². The number of H-pyrrole nitrogens is 1. The van der Waals surface area contributed by atoms with E-state index in [2.05, 4.69) is 4.98 Å². The van der Waals surface area contributed by atoms with Crippen molar-refractivity contribution in [2.75, 3.05) is 0 Å². The van der Waals surface area contributed by atoms with E-state index in [9.17, 15) is 4.79 Å². The fourth-order valence-electron chi connectivity index (χ4n) is 1.85. The number of pyridine rings is 1. The van der Waals surface area contributed by atoms with Gasteiger partial charge in [0, 0.05) is 11.8 Å². The summed E-state index contributed by atoms with van der Waals surface area (Å²) in [7, 11) is 0. The molecule has 0 fully saturated rings. The van der Waals surface area contributed by atoms with Gasteiger partial charge in [0.15, 0.2) is 0 Å². The Morgan fingerprint density at radius 3 is 2.00 bits per heavy atom. The molecule has 0 aliphatic heterocycles. The lowest BCUT2D eigenvalue weighted by atomic mass is 10.00. The number of aromatic nitrogens is 1. The molecule has 2 rings (SSSR count). The van der Waals surface area contributed by atoms with Gasteiger partial charge >= 0.3 is 0 Å². The average Bonchev–Trinajstić information content (AvgIpc) is 2.46. The largest absolute Gasteiger partial charge is 0.329 e. The highest BCUT2D eigenvalue weighted by Gasteiger charge is 2.23. The van der Waals surface area contributed by atoms with Crippen molar-refractivity contribution in [1.82, 2.24) is 4.98 Å². The summed E-state index contributed by atoms with van der Waals surface area (Å²) in [6.07, 6.45) is 1.43. The van der Waals surface area contributed by atoms with E-state index in [1.165, 1.54) is 6.20 Å². The van der Waals surface area contributed by atoms with Crippen molar-refractivity contribution in [3.8, 4) is 17.2 Å². The molecule has 0 aliphatic carbocycles. The van der Waals surface area contributed by atoms with Crippen molar-refractivity contribution < 1.29 is 0 Å². The fraction of sp³-hybridized carbons (Fsp3) is 0.0769. The number of hydrogen-bond acceptors (Lipinski definition) is 2. The van der Waals surface area contributed by atoms with Gasteiger partial charge in [-0.2, -0.15) is 5.26 Å². The molecule has 0 saturated carbocycles. The van der Waals surface area contributed by atoms with Crippen LogP contribution >= 0.6 is 58.0 Å². The molecule has 0 radical (unpaired) electrons. The van der Waals surface area contributed by atoms with Crippen LogP contribution in [-0.4, -0.2) is 4.98 Å². The first-order valence-corrected chi connectivity index (χ1v) is 7.38. The third kappa shape index (κ3) is 2.88. The predicted molar refractivity (Wildman–Crippen MR) is 86.9 cm³/mol. The highest BCUT2D eigenvalue weighted by atomic mass is 35.5. The third-order valence-electron chi connectivity index (χ3n) is 2.78. The molecule has 8 heteroatoms. The summed E-state index contributed by atoms with van der Waals surface area (Å²) in [5.41, 5.74) is 0.305. The average molecular weight is 382 g/mol. The van der Waals surface area contributed by atoms with Crippen molar-refractivity contribution in [1.29, 1.82) is 5.26 Å². The molecule has 1 N–H and O–H groups in total. The van der Waals surface area contributed by atoms with Gasteiger partial charge in [0.05, 0.1) is 43.2 Å². The van der Waals surface area contributed by atoms with Crippen LogP contribution in [0.25, 0.3) is 11.1 Å². The Morgan fingerprint density at radius 1 is 0.952 bits per heavy atom. The van der Waals surface area contributed by atoms with Crippen LogP contribution in [0.2, 0.25) is 25.1 Å². The van der Waals surface area contributed by atoms with Gasteiger partial charge in [0.25, 0.3) is 5.56 Å². The summed E-state index contributed by atoms with van der Waals surface area (Å²) in [6, 6.07) is 3.56. The van der Waals surface area contributed by atoms with Gasteiger partial charge < -0.3 is 4.98 Å². The lowest BCUT2D eigenvalue weighted by Crippen LogP contribution is -2.12. The van der Waals surface area contributed by atoms with Crippen LogP contribution in [0, 0.1) is 11.3 Å². The highest BCUT2D eigenvalue weighted by Crippen LogP contribution is 2.48. The number of nitrogens with zero attached hydrogens (tertiary/aromatic N) is 1. The predicted octanol–water partition coefficient (Wildman–Crippen LogP) is 5.37. The standard InChI is InChI=1S/C13H5Cl5N2O/c14-8-7(9(15)11(17)12(18)10(8)16)6-5(1-3-19)2-4-20-13(6)21/h2,4H,1H2,(H,20,21). The van der Waals surface area contributed by atoms with Crippen LogP contribution in [0.1, 0.15) is 5.56 Å². The summed E-state index contributed by atoms with van der Waals surface area (Å²) in [6.45, 7) is 0. The van der Waals surface area contributed by atoms with Crippen LogP contribution in [0.5, 0.6) is 0 Å². The minimum absolute atomic E-state index is 0.00375. The zero-order valence-electron chi connectivity index (χ0n) is 10.1. The molecule has 0 atom stereocenters. The zero-order chi connectivity index (χ0) is 15.7. The zero-order valence-corrected chi connectivity index (χ0v) is 13.9. The fourth-order valence-corrected chi connectivity index (χ4v) is 3.18. The van der Waals surface area contributed by atoms with E-state index in [1.54, 1.807) is 6.07 Å². The number of nitriles is 1. The second-order valence-electron chi connectivity index (χ2n) is 3.99. The Labute approximate surface area is 145 Å². The van der Waals surface area contributed by atoms with E-state index in [4.69, 9.17) is 63.3 Å². The van der Waals surface area contributed by atoms with Crippen LogP contribution in [0.4, 0.5) is 0 Å². The quantitative estimate of drug-likeness (QED) is 0.560. The highest BCUT2D eigenvalue weighted by molar-refractivity contribution is 6.56. The Morgan fingerprint density at radius 2 is 1.48 bits per heavy atom. The van der Waals surface area contributed by atoms with E-state index in [-0.39, 0.29) is 42.7 Å². The Bertz CT molecular complexity index is 794. The van der Waals surface area contributed by atoms with Gasteiger partial charge in [-0.3, -0.25) is 4.79 Å². The number of aromatic amines is 1. The molecule has 0 aliphatic rings. The number of halogens is 5. The summed E-state index contributed by atoms with van der Waals surface area (Å²) < 4.78 is 0. The second-order valence-corrected chi connectivity index (χ2v) is 5.88. The maximum atomic E-state index is 12.1. The molecule has 108 valence electrons. The molecule has 0 bridgehead atoms. The molecular formula is C13H5Cl5N2O. The van der Waals surface area contributed by atoms with Crippen LogP contribution in [-0.2, 0) is 6.42 Å². The Balaban J connectivity index is 2.93. The van der Waals surface area contributed by atoms with Gasteiger partial charge in [-0.25, -0.2) is 0 Å². The minimum Gasteiger partial charge on any atom is -0.329 e. The van der Waals surface area contributed by atoms with E-state index in [0.29, 0.717) is 5.56 Å². The monoisotopic (exact) mass is 380 g/mol. The van der Waals surface area contributed by atoms with Crippen LogP contribution in [0.3, 0.4) is 0 Å².